The van der Waals surface area contributed by atoms with Gasteiger partial charge in [0.15, 0.2) is 0 Å². The Morgan fingerprint density at radius 3 is 1.25 bits per heavy atom. The Morgan fingerprint density at radius 1 is 1.25 bits per heavy atom. The quantitative estimate of drug-likeness (QED) is 0.485. The van der Waals surface area contributed by atoms with E-state index in [0.29, 0.717) is 0 Å². The van der Waals surface area contributed by atoms with Crippen molar-refractivity contribution in [3.8, 4) is 0 Å². The first-order chi connectivity index (χ1) is 0. The van der Waals surface area contributed by atoms with E-state index in [1.807, 2.05) is 0 Å². The molecule has 0 amide bonds. The van der Waals surface area contributed by atoms with Gasteiger partial charge >= 0.3 is 42.8 Å². The molecule has 4 heteroatoms. The monoisotopic (exact) mass is 271 g/mol. The van der Waals surface area contributed by atoms with E-state index >= 15 is 0 Å². The van der Waals surface area contributed by atoms with E-state index in [4.69, 9.17) is 0 Å². The zero-order chi connectivity index (χ0) is 0. The zero-order valence-corrected chi connectivity index (χ0v) is 7.82. The van der Waals surface area contributed by atoms with Crippen LogP contribution in [0.15, 0.2) is 0 Å². The Labute approximate surface area is 93.1 Å². The molecule has 21 valence electrons. The molecule has 0 aliphatic heterocycles. The molecule has 0 spiro atoms. The normalized spacial score (nSPS) is 0. The fraction of sp³-hybridized carbons (Fsp3) is 0. The van der Waals surface area contributed by atoms with Gasteiger partial charge in [-0.05, 0) is 0 Å². The Kier molecular flexibility index (Phi) is 119. The van der Waals surface area contributed by atoms with Gasteiger partial charge in [0.25, 0.3) is 0 Å². The SMILES string of the molecule is S.[GaH3].[H-].[H-].[La].[Mg+2]. The van der Waals surface area contributed by atoms with E-state index in [2.05, 4.69) is 0 Å². The van der Waals surface area contributed by atoms with E-state index in [0.717, 1.165) is 0 Å². The first-order valence-electron chi connectivity index (χ1n) is 0. The molecule has 0 rings (SSSR count). The summed E-state index contributed by atoms with van der Waals surface area (Å²) in [5, 5.41) is 0. The van der Waals surface area contributed by atoms with Crippen LogP contribution in [0.3, 0.4) is 0 Å². The minimum Gasteiger partial charge on any atom is -1.00 e. The number of hydrogen-bond donors (Lipinski definition) is 0. The molecule has 0 heterocycles. The van der Waals surface area contributed by atoms with Gasteiger partial charge in [-0.1, -0.05) is 0 Å². The van der Waals surface area contributed by atoms with Crippen molar-refractivity contribution < 1.29 is 38.5 Å². The van der Waals surface area contributed by atoms with Crippen molar-refractivity contribution in [1.29, 1.82) is 0 Å². The molecule has 0 fully saturated rings. The summed E-state index contributed by atoms with van der Waals surface area (Å²) in [7, 11) is 0. The molecule has 0 aromatic rings. The van der Waals surface area contributed by atoms with Crippen molar-refractivity contribution in [2.75, 3.05) is 0 Å². The second kappa shape index (κ2) is 16.8. The second-order valence-electron chi connectivity index (χ2n) is 0. The molecule has 0 aromatic heterocycles. The Morgan fingerprint density at radius 2 is 1.25 bits per heavy atom. The van der Waals surface area contributed by atoms with Gasteiger partial charge in [0.2, 0.25) is 0 Å². The van der Waals surface area contributed by atoms with E-state index in [9.17, 15) is 0 Å². The number of hydrogen-bond acceptors (Lipinski definition) is 0. The maximum atomic E-state index is 0. The second-order valence-corrected chi connectivity index (χ2v) is 0. The molecule has 0 unspecified atom stereocenters. The molecule has 0 aromatic carbocycles. The Balaban J connectivity index is 0. The van der Waals surface area contributed by atoms with Crippen LogP contribution in [0.2, 0.25) is 0 Å². The van der Waals surface area contributed by atoms with Crippen molar-refractivity contribution in [2.24, 2.45) is 0 Å². The average Bonchev–Trinajstić information content (AvgIpc) is 0. The molecule has 0 saturated carbocycles. The fourth-order valence-electron chi connectivity index (χ4n) is 0. The largest absolute Gasteiger partial charge is 2.00 e. The maximum absolute atomic E-state index is 0. The maximum Gasteiger partial charge on any atom is 2.00 e. The summed E-state index contributed by atoms with van der Waals surface area (Å²) in [4.78, 5) is 0. The zero-order valence-electron chi connectivity index (χ0n) is 3.78. The van der Waals surface area contributed by atoms with Crippen LogP contribution in [0.5, 0.6) is 0 Å². The molecule has 0 N–H and O–H groups in total. The molecule has 4 heavy (non-hydrogen) atoms. The van der Waals surface area contributed by atoms with E-state index < -0.39 is 0 Å². The Bertz CT molecular complexity index is 13.5. The van der Waals surface area contributed by atoms with Crippen LogP contribution >= 0.6 is 13.5 Å². The first kappa shape index (κ1) is 28.3. The van der Waals surface area contributed by atoms with E-state index in [1.165, 1.54) is 0 Å². The van der Waals surface area contributed by atoms with Gasteiger partial charge in [0, 0.05) is 35.6 Å². The summed E-state index contributed by atoms with van der Waals surface area (Å²) in [5.41, 5.74) is 0. The van der Waals surface area contributed by atoms with Crippen molar-refractivity contribution in [2.45, 2.75) is 0 Å². The van der Waals surface area contributed by atoms with Crippen molar-refractivity contribution >= 4 is 56.3 Å². The van der Waals surface area contributed by atoms with Crippen molar-refractivity contribution in [3.63, 3.8) is 0 Å². The molecule has 0 nitrogen and oxygen atoms in total. The van der Waals surface area contributed by atoms with Gasteiger partial charge in [-0.2, -0.15) is 13.5 Å². The summed E-state index contributed by atoms with van der Waals surface area (Å²) in [6.07, 6.45) is 0. The van der Waals surface area contributed by atoms with Gasteiger partial charge in [-0.25, -0.2) is 0 Å². The summed E-state index contributed by atoms with van der Waals surface area (Å²) < 4.78 is 0. The molecular weight excluding hydrogens is 265 g/mol. The molecule has 0 saturated heterocycles. The van der Waals surface area contributed by atoms with Gasteiger partial charge in [0.1, 0.15) is 0 Å². The van der Waals surface area contributed by atoms with Crippen molar-refractivity contribution in [3.05, 3.63) is 0 Å². The van der Waals surface area contributed by atoms with E-state index in [-0.39, 0.29) is 94.8 Å². The minimum atomic E-state index is 0. The standard InChI is InChI=1S/Ga.La.Mg.H2S.5H/h;;;1H2;;;;;/q;;+2;;;;;2*-1. The molecule has 0 atom stereocenters. The third-order valence-electron chi connectivity index (χ3n) is 0. The topological polar surface area (TPSA) is 0 Å². The molecule has 1 radical (unpaired) electrons. The molecule has 0 aliphatic rings. The van der Waals surface area contributed by atoms with Crippen LogP contribution in [0.1, 0.15) is 2.85 Å². The molecule has 0 aliphatic carbocycles. The minimum absolute atomic E-state index is 0. The smallest absolute Gasteiger partial charge is 1.00 e. The predicted molar refractivity (Wildman–Crippen MR) is 28.3 cm³/mol. The van der Waals surface area contributed by atoms with Gasteiger partial charge in [-0.15, -0.1) is 0 Å². The van der Waals surface area contributed by atoms with Gasteiger partial charge in [-0.3, -0.25) is 0 Å². The van der Waals surface area contributed by atoms with Crippen LogP contribution in [-0.4, -0.2) is 42.8 Å². The van der Waals surface area contributed by atoms with Crippen LogP contribution < -0.4 is 0 Å². The molecule has 0 bridgehead atoms. The third-order valence-corrected chi connectivity index (χ3v) is 0. The summed E-state index contributed by atoms with van der Waals surface area (Å²) in [6.45, 7) is 0. The van der Waals surface area contributed by atoms with Gasteiger partial charge < -0.3 is 2.85 Å². The summed E-state index contributed by atoms with van der Waals surface area (Å²) in [6, 6.07) is 0. The summed E-state index contributed by atoms with van der Waals surface area (Å²) >= 11 is 0. The van der Waals surface area contributed by atoms with Crippen LogP contribution in [0.25, 0.3) is 0 Å². The van der Waals surface area contributed by atoms with Crippen LogP contribution in [0, 0.1) is 35.6 Å². The van der Waals surface area contributed by atoms with Crippen LogP contribution in [0.4, 0.5) is 0 Å². The third kappa shape index (κ3) is 8.87. The van der Waals surface area contributed by atoms with Crippen molar-refractivity contribution in [1.82, 2.24) is 0 Å². The predicted octanol–water partition coefficient (Wildman–Crippen LogP) is -1.23. The fourth-order valence-corrected chi connectivity index (χ4v) is 0. The first-order valence-corrected chi connectivity index (χ1v) is 0. The van der Waals surface area contributed by atoms with E-state index in [1.54, 1.807) is 0 Å². The Hall–Kier alpha value is 2.95. The average molecular weight is 272 g/mol. The van der Waals surface area contributed by atoms with Crippen LogP contribution in [-0.2, 0) is 0 Å². The molecular formula is H7GaLaMgS. The summed E-state index contributed by atoms with van der Waals surface area (Å²) in [5.74, 6) is 0. The van der Waals surface area contributed by atoms with Gasteiger partial charge in [0.05, 0.1) is 0 Å². The number of rotatable bonds is 0.